The quantitative estimate of drug-likeness (QED) is 0.431. The van der Waals surface area contributed by atoms with Crippen LogP contribution in [0.4, 0.5) is 5.82 Å². The van der Waals surface area contributed by atoms with Crippen LogP contribution in [-0.2, 0) is 22.4 Å². The van der Waals surface area contributed by atoms with Crippen molar-refractivity contribution < 1.29 is 9.59 Å². The van der Waals surface area contributed by atoms with E-state index in [9.17, 15) is 9.59 Å². The molecule has 1 aromatic heterocycles. The number of hydrogen-bond acceptors (Lipinski definition) is 7. The monoisotopic (exact) mass is 534 g/mol. The van der Waals surface area contributed by atoms with Gasteiger partial charge in [-0.25, -0.2) is 9.97 Å². The molecule has 2 heterocycles. The number of halogens is 2. The predicted molar refractivity (Wildman–Crippen MR) is 145 cm³/mol. The zero-order valence-corrected chi connectivity index (χ0v) is 23.0. The van der Waals surface area contributed by atoms with Crippen molar-refractivity contribution in [2.45, 2.75) is 33.1 Å². The zero-order valence-electron chi connectivity index (χ0n) is 21.5. The van der Waals surface area contributed by atoms with Gasteiger partial charge in [-0.2, -0.15) is 0 Å². The van der Waals surface area contributed by atoms with E-state index in [-0.39, 0.29) is 24.5 Å². The summed E-state index contributed by atoms with van der Waals surface area (Å²) in [4.78, 5) is 39.3. The summed E-state index contributed by atoms with van der Waals surface area (Å²) in [5.41, 5.74) is 1.02. The number of Topliss-reactive ketones (excluding diaryl/α,β-unsaturated/α-hetero) is 1. The fraction of sp³-hybridized carbons (Fsp3) is 0.538. The Balaban J connectivity index is 1.66. The fourth-order valence-corrected chi connectivity index (χ4v) is 4.71. The standard InChI is InChI=1S/C26H36Cl2N6O2/c1-5-34-10-8-26(17-34,25(36)29-9-11-33(3)4)16-30-23-12-18(2)31-24(32-23)15-20(35)13-19-6-7-21(27)22(28)14-19/h6-7,12,14H,5,8-11,13,15-17H2,1-4H3,(H,29,36)(H,30,31,32). The van der Waals surface area contributed by atoms with Crippen molar-refractivity contribution in [3.05, 3.63) is 51.4 Å². The number of likely N-dealkylation sites (N-methyl/N-ethyl adjacent to an activating group) is 1. The van der Waals surface area contributed by atoms with Gasteiger partial charge in [0.1, 0.15) is 17.4 Å². The summed E-state index contributed by atoms with van der Waals surface area (Å²) < 4.78 is 0. The summed E-state index contributed by atoms with van der Waals surface area (Å²) in [5, 5.41) is 7.37. The fourth-order valence-electron chi connectivity index (χ4n) is 4.39. The molecule has 10 heteroatoms. The van der Waals surface area contributed by atoms with Crippen molar-refractivity contribution in [1.82, 2.24) is 25.1 Å². The largest absolute Gasteiger partial charge is 0.369 e. The number of rotatable bonds is 12. The molecule has 1 aliphatic heterocycles. The second-order valence-corrected chi connectivity index (χ2v) is 10.6. The number of anilines is 1. The van der Waals surface area contributed by atoms with E-state index in [1.807, 2.05) is 32.0 Å². The molecule has 2 aromatic rings. The van der Waals surface area contributed by atoms with Gasteiger partial charge in [0.2, 0.25) is 5.91 Å². The Labute approximate surface area is 223 Å². The molecule has 2 N–H and O–H groups in total. The summed E-state index contributed by atoms with van der Waals surface area (Å²) >= 11 is 12.0. The molecule has 0 radical (unpaired) electrons. The maximum atomic E-state index is 13.2. The molecule has 1 unspecified atom stereocenters. The van der Waals surface area contributed by atoms with Gasteiger partial charge in [0.05, 0.1) is 21.9 Å². The molecule has 0 aliphatic carbocycles. The number of nitrogens with one attached hydrogen (secondary N) is 2. The number of nitrogens with zero attached hydrogens (tertiary/aromatic N) is 4. The summed E-state index contributed by atoms with van der Waals surface area (Å²) in [7, 11) is 3.98. The molecule has 1 aromatic carbocycles. The van der Waals surface area contributed by atoms with Crippen LogP contribution in [0.2, 0.25) is 10.0 Å². The molecule has 1 saturated heterocycles. The van der Waals surface area contributed by atoms with Gasteiger partial charge >= 0.3 is 0 Å². The average molecular weight is 536 g/mol. The van der Waals surface area contributed by atoms with E-state index in [2.05, 4.69) is 32.4 Å². The van der Waals surface area contributed by atoms with Gasteiger partial charge in [-0.1, -0.05) is 36.2 Å². The van der Waals surface area contributed by atoms with Gasteiger partial charge < -0.3 is 20.4 Å². The maximum Gasteiger partial charge on any atom is 0.229 e. The number of benzene rings is 1. The van der Waals surface area contributed by atoms with Crippen molar-refractivity contribution in [3.63, 3.8) is 0 Å². The highest BCUT2D eigenvalue weighted by molar-refractivity contribution is 6.42. The summed E-state index contributed by atoms with van der Waals surface area (Å²) in [6, 6.07) is 7.03. The lowest BCUT2D eigenvalue weighted by molar-refractivity contribution is -0.129. The molecular weight excluding hydrogens is 499 g/mol. The van der Waals surface area contributed by atoms with E-state index in [1.54, 1.807) is 18.2 Å². The van der Waals surface area contributed by atoms with Crippen LogP contribution < -0.4 is 10.6 Å². The first-order valence-electron chi connectivity index (χ1n) is 12.3. The van der Waals surface area contributed by atoms with Crippen LogP contribution in [0.5, 0.6) is 0 Å². The smallest absolute Gasteiger partial charge is 0.229 e. The minimum absolute atomic E-state index is 0.0175. The van der Waals surface area contributed by atoms with Gasteiger partial charge in [-0.15, -0.1) is 0 Å². The lowest BCUT2D eigenvalue weighted by Gasteiger charge is -2.29. The molecule has 36 heavy (non-hydrogen) atoms. The molecule has 1 aliphatic rings. The minimum atomic E-state index is -0.537. The molecule has 0 saturated carbocycles. The third-order valence-corrected chi connectivity index (χ3v) is 7.19. The van der Waals surface area contributed by atoms with Gasteiger partial charge in [0.25, 0.3) is 0 Å². The number of carbonyl (C=O) groups excluding carboxylic acids is 2. The number of aryl methyl sites for hydroxylation is 1. The van der Waals surface area contributed by atoms with E-state index in [0.717, 1.165) is 37.3 Å². The van der Waals surface area contributed by atoms with Crippen LogP contribution in [0.1, 0.15) is 30.4 Å². The van der Waals surface area contributed by atoms with Gasteiger partial charge in [0.15, 0.2) is 0 Å². The summed E-state index contributed by atoms with van der Waals surface area (Å²) in [5.74, 6) is 1.12. The summed E-state index contributed by atoms with van der Waals surface area (Å²) in [6.45, 7) is 8.34. The molecule has 1 fully saturated rings. The predicted octanol–water partition coefficient (Wildman–Crippen LogP) is 3.25. The first-order chi connectivity index (χ1) is 17.1. The molecular formula is C26H36Cl2N6O2. The minimum Gasteiger partial charge on any atom is -0.369 e. The van der Waals surface area contributed by atoms with Crippen molar-refractivity contribution in [1.29, 1.82) is 0 Å². The highest BCUT2D eigenvalue weighted by atomic mass is 35.5. The van der Waals surface area contributed by atoms with E-state index in [0.29, 0.717) is 41.3 Å². The lowest BCUT2D eigenvalue weighted by Crippen LogP contribution is -2.48. The maximum absolute atomic E-state index is 13.2. The van der Waals surface area contributed by atoms with Crippen molar-refractivity contribution in [3.8, 4) is 0 Å². The highest BCUT2D eigenvalue weighted by Gasteiger charge is 2.44. The van der Waals surface area contributed by atoms with Crippen molar-refractivity contribution in [2.75, 3.05) is 58.7 Å². The number of hydrogen-bond donors (Lipinski definition) is 2. The third kappa shape index (κ3) is 7.87. The Morgan fingerprint density at radius 3 is 2.58 bits per heavy atom. The second-order valence-electron chi connectivity index (χ2n) is 9.76. The third-order valence-electron chi connectivity index (χ3n) is 6.46. The Morgan fingerprint density at radius 2 is 1.92 bits per heavy atom. The lowest BCUT2D eigenvalue weighted by atomic mass is 9.85. The SMILES string of the molecule is CCN1CCC(CNc2cc(C)nc(CC(=O)Cc3ccc(Cl)c(Cl)c3)n2)(C(=O)NCCN(C)C)C1. The van der Waals surface area contributed by atoms with Crippen molar-refractivity contribution >= 4 is 40.7 Å². The first kappa shape index (κ1) is 28.3. The first-order valence-corrected chi connectivity index (χ1v) is 13.1. The Morgan fingerprint density at radius 1 is 1.14 bits per heavy atom. The highest BCUT2D eigenvalue weighted by Crippen LogP contribution is 2.31. The van der Waals surface area contributed by atoms with E-state index in [1.165, 1.54) is 0 Å². The number of carbonyl (C=O) groups is 2. The van der Waals surface area contributed by atoms with Crippen LogP contribution in [0.15, 0.2) is 24.3 Å². The molecule has 0 spiro atoms. The Hall–Kier alpha value is -2.26. The number of aromatic nitrogens is 2. The van der Waals surface area contributed by atoms with Crippen LogP contribution in [0, 0.1) is 12.3 Å². The zero-order chi connectivity index (χ0) is 26.3. The van der Waals surface area contributed by atoms with Gasteiger partial charge in [-0.05, 0) is 58.2 Å². The van der Waals surface area contributed by atoms with Crippen LogP contribution in [0.25, 0.3) is 0 Å². The average Bonchev–Trinajstić information content (AvgIpc) is 3.24. The molecule has 8 nitrogen and oxygen atoms in total. The van der Waals surface area contributed by atoms with Crippen molar-refractivity contribution in [2.24, 2.45) is 5.41 Å². The Bertz CT molecular complexity index is 1080. The van der Waals surface area contributed by atoms with Crippen LogP contribution in [0.3, 0.4) is 0 Å². The molecule has 196 valence electrons. The molecule has 1 atom stereocenters. The Kier molecular flexibility index (Phi) is 10.1. The summed E-state index contributed by atoms with van der Waals surface area (Å²) in [6.07, 6.45) is 1.11. The van der Waals surface area contributed by atoms with Crippen LogP contribution in [-0.4, -0.2) is 84.8 Å². The van der Waals surface area contributed by atoms with E-state index < -0.39 is 5.41 Å². The number of amides is 1. The van der Waals surface area contributed by atoms with E-state index in [4.69, 9.17) is 23.2 Å². The molecule has 3 rings (SSSR count). The van der Waals surface area contributed by atoms with Crippen LogP contribution >= 0.6 is 23.2 Å². The molecule has 0 bridgehead atoms. The number of ketones is 1. The molecule has 1 amide bonds. The van der Waals surface area contributed by atoms with Gasteiger partial charge in [-0.3, -0.25) is 9.59 Å². The topological polar surface area (TPSA) is 90.5 Å². The second kappa shape index (κ2) is 12.8. The van der Waals surface area contributed by atoms with E-state index >= 15 is 0 Å². The van der Waals surface area contributed by atoms with Gasteiger partial charge in [0, 0.05) is 44.4 Å². The normalized spacial score (nSPS) is 18.0. The number of likely N-dealkylation sites (tertiary alicyclic amines) is 1.